The van der Waals surface area contributed by atoms with Crippen LogP contribution in [0.5, 0.6) is 23.0 Å². The molecule has 24 nitrogen and oxygen atoms in total. The molecule has 0 N–H and O–H groups in total. The first-order valence-electron chi connectivity index (χ1n) is 29.7. The maximum atomic E-state index is 13.5. The van der Waals surface area contributed by atoms with Crippen molar-refractivity contribution in [1.82, 2.24) is 0 Å². The fourth-order valence-electron chi connectivity index (χ4n) is 9.27. The zero-order valence-corrected chi connectivity index (χ0v) is 67.6. The van der Waals surface area contributed by atoms with Crippen LogP contribution in [0.15, 0.2) is 133 Å². The fourth-order valence-corrected chi connectivity index (χ4v) is 20.1. The molecule has 0 amide bonds. The molecule has 101 heavy (non-hydrogen) atoms. The summed E-state index contributed by atoms with van der Waals surface area (Å²) in [5, 5.41) is 5.22. The lowest BCUT2D eigenvalue weighted by Gasteiger charge is -2.25. The van der Waals surface area contributed by atoms with E-state index in [1.54, 1.807) is 147 Å². The first-order valence-corrected chi connectivity index (χ1v) is 40.7. The Labute approximate surface area is 600 Å². The van der Waals surface area contributed by atoms with Crippen LogP contribution in [0.4, 0.5) is 22.0 Å². The smallest absolute Gasteiger partial charge is 0.497 e. The summed E-state index contributed by atoms with van der Waals surface area (Å²) in [5.41, 5.74) is 1.11. The number of ether oxygens (including phenoxy) is 6. The van der Waals surface area contributed by atoms with E-state index in [9.17, 15) is 22.0 Å². The summed E-state index contributed by atoms with van der Waals surface area (Å²) in [6, 6.07) is 42.5. The number of fused-ring (bicyclic) bond motifs is 1. The van der Waals surface area contributed by atoms with Gasteiger partial charge in [0.25, 0.3) is 0 Å². The summed E-state index contributed by atoms with van der Waals surface area (Å²) >= 11 is 5.78. The predicted molar refractivity (Wildman–Crippen MR) is 382 cm³/mol. The minimum Gasteiger partial charge on any atom is -0.497 e. The van der Waals surface area contributed by atoms with E-state index in [-0.39, 0.29) is 13.6 Å². The average molecular weight is 1560 g/mol. The molecular weight excluding hydrogens is 1460 g/mol. The van der Waals surface area contributed by atoms with E-state index in [1.807, 2.05) is 121 Å². The van der Waals surface area contributed by atoms with E-state index in [0.29, 0.717) is 11.1 Å². The lowest BCUT2D eigenvalue weighted by atomic mass is 10.1. The van der Waals surface area contributed by atoms with Gasteiger partial charge in [0.05, 0.1) is 14.2 Å². The zero-order valence-electron chi connectivity index (χ0n) is 60.9. The largest absolute Gasteiger partial charge is 0.542 e. The summed E-state index contributed by atoms with van der Waals surface area (Å²) in [6.07, 6.45) is 0. The molecule has 0 saturated carbocycles. The number of benzene rings is 7. The third-order valence-electron chi connectivity index (χ3n) is 14.8. The van der Waals surface area contributed by atoms with Crippen molar-refractivity contribution in [3.63, 3.8) is 0 Å². The van der Waals surface area contributed by atoms with Gasteiger partial charge in [-0.3, -0.25) is 0 Å². The van der Waals surface area contributed by atoms with E-state index in [4.69, 9.17) is 120 Å². The standard InChI is InChI=1S/C15H20O5Si.C11H18O5Si.C11H18O4Si.C10H16O4Si.C9H13ClO3Si.C9H9F5O3Si/c1-16-11-20-14-7-5-13-10-15(8-6-12(13)9-14)21(17-2,18-3)19-4;1-12-9-16-10-5-7-11(8-6-10)17(13-2,14-3)15-4;1-12-11-7-5-10(6-8-11)9-16(13-2,14-3)15-4;1-11-9-5-7-10(8-6-9)15(12-2,13-3)14-4;1-11-14(12-2,13-3)9-6-4-8(10)5-7-9;1-15-18(16-2,17-3)9-7(13)5(11)4(10)6(12)8(9)14/h5-10H,11H2,1-4H3;5-8H,9H2,1-4H3;5-8H,9H2,1-4H3;5-8H,1-4H3;4-7H,1-3H3;1-3H3. The van der Waals surface area contributed by atoms with Crippen molar-refractivity contribution in [2.75, 3.05) is 170 Å². The second-order valence-electron chi connectivity index (χ2n) is 19.7. The van der Waals surface area contributed by atoms with Crippen molar-refractivity contribution >= 4 is 101 Å². The van der Waals surface area contributed by atoms with Gasteiger partial charge in [-0.15, -0.1) is 0 Å². The molecule has 7 aromatic rings. The van der Waals surface area contributed by atoms with Crippen LogP contribution >= 0.6 is 11.6 Å². The van der Waals surface area contributed by atoms with Gasteiger partial charge in [0.2, 0.25) is 5.82 Å². The molecule has 0 fully saturated rings. The number of hydrogen-bond donors (Lipinski definition) is 0. The number of hydrogen-bond acceptors (Lipinski definition) is 24. The minimum absolute atomic E-state index is 0.223. The van der Waals surface area contributed by atoms with Gasteiger partial charge in [-0.05, 0) is 83.1 Å². The number of halogens is 6. The van der Waals surface area contributed by atoms with Crippen LogP contribution in [0, 0.1) is 29.1 Å². The van der Waals surface area contributed by atoms with Crippen LogP contribution in [-0.4, -0.2) is 223 Å². The molecule has 0 spiro atoms. The second kappa shape index (κ2) is 46.3. The van der Waals surface area contributed by atoms with E-state index < -0.39 is 87.1 Å². The third-order valence-corrected chi connectivity index (χ3v) is 31.0. The highest BCUT2D eigenvalue weighted by molar-refractivity contribution is 6.77. The van der Waals surface area contributed by atoms with Crippen LogP contribution in [0.3, 0.4) is 0 Å². The molecule has 36 heteroatoms. The van der Waals surface area contributed by atoms with Crippen LogP contribution < -0.4 is 44.9 Å². The zero-order chi connectivity index (χ0) is 76.0. The summed E-state index contributed by atoms with van der Waals surface area (Å²) in [7, 11) is 15.7. The Morgan fingerprint density at radius 3 is 0.891 bits per heavy atom. The molecule has 0 bridgehead atoms. The Kier molecular flexibility index (Phi) is 42.0. The Morgan fingerprint density at radius 1 is 0.277 bits per heavy atom. The van der Waals surface area contributed by atoms with E-state index in [0.717, 1.165) is 81.4 Å². The third kappa shape index (κ3) is 24.5. The summed E-state index contributed by atoms with van der Waals surface area (Å²) in [4.78, 5) is 0. The molecule has 0 unspecified atom stereocenters. The van der Waals surface area contributed by atoms with Crippen molar-refractivity contribution in [3.05, 3.63) is 173 Å². The molecule has 7 rings (SSSR count). The lowest BCUT2D eigenvalue weighted by Crippen LogP contribution is -2.58. The maximum absolute atomic E-state index is 13.5. The molecule has 0 heterocycles. The van der Waals surface area contributed by atoms with Gasteiger partial charge in [-0.25, -0.2) is 22.0 Å². The summed E-state index contributed by atoms with van der Waals surface area (Å²) in [6.45, 7) is 0.456. The van der Waals surface area contributed by atoms with Crippen LogP contribution in [0.1, 0.15) is 5.56 Å². The minimum atomic E-state index is -4.16. The van der Waals surface area contributed by atoms with Crippen molar-refractivity contribution in [3.8, 4) is 23.0 Å². The van der Waals surface area contributed by atoms with Crippen molar-refractivity contribution < 1.29 is 130 Å². The molecule has 0 atom stereocenters. The summed E-state index contributed by atoms with van der Waals surface area (Å²) in [5.74, 6) is -7.33. The lowest BCUT2D eigenvalue weighted by molar-refractivity contribution is 0.0510. The molecule has 0 saturated heterocycles. The van der Waals surface area contributed by atoms with Gasteiger partial charge in [0.1, 0.15) is 28.2 Å². The number of methoxy groups -OCH3 is 4. The Morgan fingerprint density at radius 2 is 0.554 bits per heavy atom. The molecule has 0 radical (unpaired) electrons. The number of rotatable bonds is 33. The van der Waals surface area contributed by atoms with Crippen molar-refractivity contribution in [2.45, 2.75) is 6.04 Å². The van der Waals surface area contributed by atoms with Gasteiger partial charge in [-0.1, -0.05) is 78.3 Å². The molecule has 564 valence electrons. The molecule has 7 aromatic carbocycles. The summed E-state index contributed by atoms with van der Waals surface area (Å²) < 4.78 is 191. The molecule has 0 aliphatic rings. The Bertz CT molecular complexity index is 3360. The van der Waals surface area contributed by atoms with Crippen molar-refractivity contribution in [1.29, 1.82) is 0 Å². The highest BCUT2D eigenvalue weighted by atomic mass is 35.5. The Hall–Kier alpha value is -5.56. The topological polar surface area (TPSA) is 222 Å². The monoisotopic (exact) mass is 1560 g/mol. The van der Waals surface area contributed by atoms with Crippen LogP contribution in [0.2, 0.25) is 5.02 Å². The van der Waals surface area contributed by atoms with E-state index >= 15 is 0 Å². The molecular formula is C65H94ClF5O24Si6. The molecule has 0 aliphatic heterocycles. The molecule has 0 aliphatic carbocycles. The predicted octanol–water partition coefficient (Wildman–Crippen LogP) is 7.99. The maximum Gasteiger partial charge on any atom is 0.542 e. The average Bonchev–Trinajstić information content (AvgIpc) is 0.766. The highest BCUT2D eigenvalue weighted by Crippen LogP contribution is 2.25. The van der Waals surface area contributed by atoms with Gasteiger partial charge < -0.3 is 108 Å². The van der Waals surface area contributed by atoms with Crippen LogP contribution in [0.25, 0.3) is 10.8 Å². The van der Waals surface area contributed by atoms with Gasteiger partial charge in [0, 0.05) is 174 Å². The van der Waals surface area contributed by atoms with Gasteiger partial charge in [-0.2, -0.15) is 0 Å². The van der Waals surface area contributed by atoms with Crippen molar-refractivity contribution in [2.24, 2.45) is 0 Å². The van der Waals surface area contributed by atoms with Gasteiger partial charge in [0.15, 0.2) is 36.9 Å². The SMILES string of the molecule is COCOc1ccc([Si](OC)(OC)OC)cc1.COCOc1ccc2cc([Si](OC)(OC)OC)ccc2c1.CO[Si](OC)(OC)c1c(F)c(F)c(F)c(F)c1F.CO[Si](OC)(OC)c1ccc(Cl)cc1.COc1ccc(C[Si](OC)(OC)OC)cc1.COc1ccc([Si](OC)(OC)OC)cc1. The molecule has 0 aromatic heterocycles. The normalized spacial score (nSPS) is 11.7. The van der Waals surface area contributed by atoms with Gasteiger partial charge >= 0.3 is 52.8 Å². The van der Waals surface area contributed by atoms with E-state index in [2.05, 4.69) is 0 Å². The first kappa shape index (κ1) is 91.5. The van der Waals surface area contributed by atoms with Crippen LogP contribution in [-0.2, 0) is 95.2 Å². The quantitative estimate of drug-likeness (QED) is 0.0125. The fraction of sp³-hybridized carbons (Fsp3) is 0.385. The second-order valence-corrected chi connectivity index (χ2v) is 37.6. The van der Waals surface area contributed by atoms with E-state index in [1.165, 1.54) is 0 Å². The Balaban J connectivity index is 0.000000414. The first-order chi connectivity index (χ1) is 48.4. The highest BCUT2D eigenvalue weighted by Gasteiger charge is 2.50.